The first kappa shape index (κ1) is 22.4. The smallest absolute Gasteiger partial charge is 0.286 e. The Balaban J connectivity index is 2.32. The van der Waals surface area contributed by atoms with Crippen molar-refractivity contribution in [2.45, 2.75) is 13.0 Å². The molecule has 8 nitrogen and oxygen atoms in total. The summed E-state index contributed by atoms with van der Waals surface area (Å²) < 4.78 is 10.6. The number of nitrogens with zero attached hydrogens (tertiary/aromatic N) is 2. The van der Waals surface area contributed by atoms with Crippen molar-refractivity contribution >= 4 is 23.2 Å². The van der Waals surface area contributed by atoms with Crippen LogP contribution in [0, 0.1) is 10.1 Å². The highest BCUT2D eigenvalue weighted by Crippen LogP contribution is 2.35. The number of nitrogens with one attached hydrogen (secondary N) is 1. The number of likely N-dealkylation sites (N-methyl/N-ethyl adjacent to an activating group) is 1. The number of rotatable bonds is 9. The number of benzene rings is 2. The van der Waals surface area contributed by atoms with Gasteiger partial charge >= 0.3 is 0 Å². The Bertz CT molecular complexity index is 888. The van der Waals surface area contributed by atoms with Crippen molar-refractivity contribution in [3.05, 3.63) is 62.7 Å². The van der Waals surface area contributed by atoms with Gasteiger partial charge in [0.05, 0.1) is 30.7 Å². The van der Waals surface area contributed by atoms with Crippen LogP contribution in [0.25, 0.3) is 0 Å². The number of nitro groups is 1. The quantitative estimate of drug-likeness (QED) is 0.490. The van der Waals surface area contributed by atoms with Gasteiger partial charge in [-0.1, -0.05) is 29.8 Å². The molecule has 0 saturated carbocycles. The van der Waals surface area contributed by atoms with Crippen LogP contribution in [-0.2, 0) is 0 Å². The summed E-state index contributed by atoms with van der Waals surface area (Å²) >= 11 is 6.29. The maximum atomic E-state index is 12.8. The molecule has 0 aromatic heterocycles. The second-order valence-corrected chi connectivity index (χ2v) is 6.83. The van der Waals surface area contributed by atoms with E-state index in [0.717, 1.165) is 5.56 Å². The predicted molar refractivity (Wildman–Crippen MR) is 111 cm³/mol. The summed E-state index contributed by atoms with van der Waals surface area (Å²) in [7, 11) is 5.11. The first-order valence-corrected chi connectivity index (χ1v) is 9.36. The summed E-state index contributed by atoms with van der Waals surface area (Å²) in [6, 6.07) is 9.65. The Kier molecular flexibility index (Phi) is 7.81. The van der Waals surface area contributed by atoms with Gasteiger partial charge < -0.3 is 19.7 Å². The van der Waals surface area contributed by atoms with Crippen LogP contribution in [0.15, 0.2) is 36.4 Å². The molecule has 0 heterocycles. The van der Waals surface area contributed by atoms with Gasteiger partial charge in [0, 0.05) is 17.6 Å². The molecule has 0 aliphatic rings. The molecular weight excluding hydrogens is 398 g/mol. The SMILES string of the molecule is CCOc1cc(C(=O)NC[C@@H](c2ccccc2Cl)N(C)C)c([N+](=O)[O-])cc1OC. The third kappa shape index (κ3) is 5.36. The Labute approximate surface area is 174 Å². The van der Waals surface area contributed by atoms with Gasteiger partial charge in [-0.05, 0) is 32.6 Å². The standard InChI is InChI=1S/C20H24ClN3O5/c1-5-29-19-10-14(16(24(26)27)11-18(19)28-4)20(25)22-12-17(23(2)3)13-8-6-7-9-15(13)21/h6-11,17H,5,12H2,1-4H3,(H,22,25)/t17-/m0/s1. The lowest BCUT2D eigenvalue weighted by Crippen LogP contribution is -2.35. The second-order valence-electron chi connectivity index (χ2n) is 6.42. The zero-order valence-corrected chi connectivity index (χ0v) is 17.5. The first-order valence-electron chi connectivity index (χ1n) is 8.98. The number of carbonyl (C=O) groups is 1. The summed E-state index contributed by atoms with van der Waals surface area (Å²) in [5.41, 5.74) is 0.386. The Morgan fingerprint density at radius 2 is 1.97 bits per heavy atom. The molecule has 9 heteroatoms. The summed E-state index contributed by atoms with van der Waals surface area (Å²) in [6.45, 7) is 2.30. The van der Waals surface area contributed by atoms with Gasteiger partial charge in [0.2, 0.25) is 0 Å². The molecule has 29 heavy (non-hydrogen) atoms. The largest absolute Gasteiger partial charge is 0.493 e. The number of hydrogen-bond acceptors (Lipinski definition) is 6. The monoisotopic (exact) mass is 421 g/mol. The van der Waals surface area contributed by atoms with Gasteiger partial charge in [-0.3, -0.25) is 14.9 Å². The number of methoxy groups -OCH3 is 1. The fourth-order valence-electron chi connectivity index (χ4n) is 2.91. The van der Waals surface area contributed by atoms with E-state index >= 15 is 0 Å². The first-order chi connectivity index (χ1) is 13.8. The fraction of sp³-hybridized carbons (Fsp3) is 0.350. The lowest BCUT2D eigenvalue weighted by molar-refractivity contribution is -0.385. The highest BCUT2D eigenvalue weighted by molar-refractivity contribution is 6.31. The van der Waals surface area contributed by atoms with Crippen LogP contribution >= 0.6 is 11.6 Å². The molecule has 1 atom stereocenters. The van der Waals surface area contributed by atoms with E-state index < -0.39 is 10.8 Å². The van der Waals surface area contributed by atoms with E-state index in [1.54, 1.807) is 13.0 Å². The minimum Gasteiger partial charge on any atom is -0.493 e. The highest BCUT2D eigenvalue weighted by Gasteiger charge is 2.26. The van der Waals surface area contributed by atoms with E-state index in [-0.39, 0.29) is 35.3 Å². The van der Waals surface area contributed by atoms with Gasteiger partial charge in [0.15, 0.2) is 11.5 Å². The molecule has 2 rings (SSSR count). The maximum absolute atomic E-state index is 12.8. The lowest BCUT2D eigenvalue weighted by Gasteiger charge is -2.26. The van der Waals surface area contributed by atoms with Gasteiger partial charge in [-0.2, -0.15) is 0 Å². The topological polar surface area (TPSA) is 93.9 Å². The van der Waals surface area contributed by atoms with Gasteiger partial charge in [0.25, 0.3) is 11.6 Å². The second kappa shape index (κ2) is 10.1. The van der Waals surface area contributed by atoms with Gasteiger partial charge in [0.1, 0.15) is 5.56 Å². The van der Waals surface area contributed by atoms with Crippen LogP contribution in [0.1, 0.15) is 28.9 Å². The van der Waals surface area contributed by atoms with E-state index in [2.05, 4.69) is 5.32 Å². The highest BCUT2D eigenvalue weighted by atomic mass is 35.5. The molecule has 0 fully saturated rings. The van der Waals surface area contributed by atoms with Gasteiger partial charge in [-0.15, -0.1) is 0 Å². The summed E-state index contributed by atoms with van der Waals surface area (Å²) in [4.78, 5) is 25.6. The third-order valence-electron chi connectivity index (χ3n) is 4.37. The Morgan fingerprint density at radius 1 is 1.28 bits per heavy atom. The molecule has 0 radical (unpaired) electrons. The van der Waals surface area contributed by atoms with E-state index in [1.807, 2.05) is 37.2 Å². The zero-order chi connectivity index (χ0) is 21.6. The zero-order valence-electron chi connectivity index (χ0n) is 16.8. The average molecular weight is 422 g/mol. The molecule has 0 spiro atoms. The summed E-state index contributed by atoms with van der Waals surface area (Å²) in [5, 5.41) is 14.8. The molecule has 1 N–H and O–H groups in total. The van der Waals surface area contributed by atoms with Crippen molar-refractivity contribution in [3.8, 4) is 11.5 Å². The van der Waals surface area contributed by atoms with Crippen LogP contribution in [-0.4, -0.2) is 50.1 Å². The van der Waals surface area contributed by atoms with E-state index in [1.165, 1.54) is 19.2 Å². The van der Waals surface area contributed by atoms with Crippen molar-refractivity contribution in [3.63, 3.8) is 0 Å². The number of halogens is 1. The lowest BCUT2D eigenvalue weighted by atomic mass is 10.1. The van der Waals surface area contributed by atoms with Crippen molar-refractivity contribution < 1.29 is 19.2 Å². The molecule has 0 bridgehead atoms. The average Bonchev–Trinajstić information content (AvgIpc) is 2.68. The van der Waals surface area contributed by atoms with Crippen LogP contribution in [0.4, 0.5) is 5.69 Å². The molecule has 0 aliphatic carbocycles. The molecular formula is C20H24ClN3O5. The van der Waals surface area contributed by atoms with E-state index in [0.29, 0.717) is 11.6 Å². The fourth-order valence-corrected chi connectivity index (χ4v) is 3.17. The number of nitro benzene ring substituents is 1. The van der Waals surface area contributed by atoms with E-state index in [4.69, 9.17) is 21.1 Å². The summed E-state index contributed by atoms with van der Waals surface area (Å²) in [5.74, 6) is -0.127. The van der Waals surface area contributed by atoms with Crippen LogP contribution < -0.4 is 14.8 Å². The molecule has 2 aromatic carbocycles. The molecule has 1 amide bonds. The molecule has 156 valence electrons. The molecule has 2 aromatic rings. The van der Waals surface area contributed by atoms with Gasteiger partial charge in [-0.25, -0.2) is 0 Å². The van der Waals surface area contributed by atoms with Crippen LogP contribution in [0.3, 0.4) is 0 Å². The number of carbonyl (C=O) groups excluding carboxylic acids is 1. The van der Waals surface area contributed by atoms with Crippen molar-refractivity contribution in [2.75, 3.05) is 34.4 Å². The Morgan fingerprint density at radius 3 is 2.52 bits per heavy atom. The number of amides is 1. The van der Waals surface area contributed by atoms with E-state index in [9.17, 15) is 14.9 Å². The molecule has 0 aliphatic heterocycles. The number of hydrogen-bond donors (Lipinski definition) is 1. The van der Waals surface area contributed by atoms with Crippen molar-refractivity contribution in [2.24, 2.45) is 0 Å². The molecule has 0 unspecified atom stereocenters. The van der Waals surface area contributed by atoms with Crippen molar-refractivity contribution in [1.29, 1.82) is 0 Å². The Hall–Kier alpha value is -2.84. The summed E-state index contributed by atoms with van der Waals surface area (Å²) in [6.07, 6.45) is 0. The van der Waals surface area contributed by atoms with Crippen LogP contribution in [0.2, 0.25) is 5.02 Å². The third-order valence-corrected chi connectivity index (χ3v) is 4.71. The normalized spacial score (nSPS) is 11.8. The predicted octanol–water partition coefficient (Wildman–Crippen LogP) is 3.69. The maximum Gasteiger partial charge on any atom is 0.286 e. The minimum absolute atomic E-state index is 0.101. The van der Waals surface area contributed by atoms with Crippen LogP contribution in [0.5, 0.6) is 11.5 Å². The number of ether oxygens (including phenoxy) is 2. The van der Waals surface area contributed by atoms with Crippen molar-refractivity contribution in [1.82, 2.24) is 10.2 Å². The minimum atomic E-state index is -0.620. The molecule has 0 saturated heterocycles.